The van der Waals surface area contributed by atoms with Gasteiger partial charge >= 0.3 is 0 Å². The Kier molecular flexibility index (Phi) is 6.13. The lowest BCUT2D eigenvalue weighted by molar-refractivity contribution is -0.138. The van der Waals surface area contributed by atoms with Crippen molar-refractivity contribution in [1.82, 2.24) is 10.3 Å². The first kappa shape index (κ1) is 26.6. The van der Waals surface area contributed by atoms with Gasteiger partial charge in [-0.1, -0.05) is 75.6 Å². The molecule has 2 saturated heterocycles. The van der Waals surface area contributed by atoms with Gasteiger partial charge in [0.05, 0.1) is 28.9 Å². The molecule has 4 aliphatic rings. The molecule has 3 N–H and O–H groups in total. The Morgan fingerprint density at radius 2 is 1.69 bits per heavy atom. The minimum atomic E-state index is -1.41. The number of hydrogen-bond donors (Lipinski definition) is 3. The molecule has 8 nitrogen and oxygen atoms in total. The molecule has 1 saturated carbocycles. The monoisotopic (exact) mass is 625 g/mol. The third-order valence-electron chi connectivity index (χ3n) is 9.54. The molecule has 7 rings (SSSR count). The Labute approximate surface area is 250 Å². The Morgan fingerprint density at radius 3 is 2.43 bits per heavy atom. The van der Waals surface area contributed by atoms with Crippen molar-refractivity contribution in [1.29, 1.82) is 0 Å². The molecule has 212 valence electrons. The molecule has 0 spiro atoms. The quantitative estimate of drug-likeness (QED) is 0.285. The Morgan fingerprint density at radius 1 is 0.952 bits per heavy atom. The predicted octanol–water partition coefficient (Wildman–Crippen LogP) is 4.74. The molecule has 2 heterocycles. The Bertz CT molecular complexity index is 1690. The van der Waals surface area contributed by atoms with E-state index in [1.54, 1.807) is 18.2 Å². The summed E-state index contributed by atoms with van der Waals surface area (Å²) >= 11 is 3.53. The van der Waals surface area contributed by atoms with Gasteiger partial charge in [0.2, 0.25) is 11.8 Å². The molecule has 0 aromatic heterocycles. The number of halogens is 1. The number of aryl methyl sites for hydroxylation is 1. The fourth-order valence-electron chi connectivity index (χ4n) is 7.76. The van der Waals surface area contributed by atoms with Crippen LogP contribution in [0.25, 0.3) is 0 Å². The van der Waals surface area contributed by atoms with Crippen LogP contribution >= 0.6 is 15.9 Å². The average molecular weight is 627 g/mol. The normalized spacial score (nSPS) is 29.9. The summed E-state index contributed by atoms with van der Waals surface area (Å²) in [6.07, 6.45) is 2.51. The molecule has 9 heteroatoms. The number of hydrazine groups is 1. The van der Waals surface area contributed by atoms with E-state index in [0.29, 0.717) is 27.7 Å². The summed E-state index contributed by atoms with van der Waals surface area (Å²) in [5, 5.41) is 14.9. The van der Waals surface area contributed by atoms with E-state index in [-0.39, 0.29) is 24.0 Å². The number of phenolic OH excluding ortho intramolecular Hbond substituents is 1. The van der Waals surface area contributed by atoms with Crippen molar-refractivity contribution in [3.63, 3.8) is 0 Å². The van der Waals surface area contributed by atoms with Gasteiger partial charge in [-0.2, -0.15) is 5.01 Å². The molecule has 3 aromatic rings. The van der Waals surface area contributed by atoms with Crippen molar-refractivity contribution >= 4 is 45.2 Å². The molecule has 2 aliphatic carbocycles. The first-order valence-corrected chi connectivity index (χ1v) is 14.8. The molecule has 6 atom stereocenters. The molecular formula is C33H28BrN3O5. The number of aromatic hydroxyl groups is 1. The molecular weight excluding hydrogens is 598 g/mol. The smallest absolute Gasteiger partial charge is 0.260 e. The predicted molar refractivity (Wildman–Crippen MR) is 158 cm³/mol. The Balaban J connectivity index is 1.48. The lowest BCUT2D eigenvalue weighted by atomic mass is 9.49. The van der Waals surface area contributed by atoms with Gasteiger partial charge in [0.25, 0.3) is 11.8 Å². The maximum absolute atomic E-state index is 14.9. The Hall–Kier alpha value is -4.24. The van der Waals surface area contributed by atoms with Gasteiger partial charge < -0.3 is 5.11 Å². The molecule has 3 aromatic carbocycles. The van der Waals surface area contributed by atoms with Gasteiger partial charge in [-0.15, -0.1) is 0 Å². The number of phenols is 1. The van der Waals surface area contributed by atoms with Crippen molar-refractivity contribution < 1.29 is 24.3 Å². The minimum absolute atomic E-state index is 0.0157. The highest BCUT2D eigenvalue weighted by molar-refractivity contribution is 9.10. The SMILES string of the molecule is Cc1ccc(NN2C(=O)[C@@H]3C[C@@H]4C(=CC[C@@H]5C(=O)NC(=O)[C@@H]54)[C@H](c4cc(Br)ccc4O)[C@]3(c3ccccc3)C2=O)cc1. The summed E-state index contributed by atoms with van der Waals surface area (Å²) in [6, 6.07) is 21.7. The standard InChI is InChI=1S/C33H28BrN3O5/c1-17-7-10-20(11-8-17)36-37-31(41)25-16-23-21(12-13-22-27(23)30(40)35-29(22)39)28(24-15-19(34)9-14-26(24)38)33(25,32(37)42)18-5-3-2-4-6-18/h2-12,14-15,22-23,25,27-28,36,38H,13,16H2,1H3,(H,35,39,40)/t22-,23+,25-,27-,28+,33+/m0/s1. The van der Waals surface area contributed by atoms with Crippen LogP contribution in [0.5, 0.6) is 5.75 Å². The van der Waals surface area contributed by atoms with Gasteiger partial charge in [-0.25, -0.2) is 0 Å². The number of nitrogens with zero attached hydrogens (tertiary/aromatic N) is 1. The highest BCUT2D eigenvalue weighted by Crippen LogP contribution is 2.64. The van der Waals surface area contributed by atoms with E-state index in [9.17, 15) is 24.3 Å². The summed E-state index contributed by atoms with van der Waals surface area (Å²) in [6.45, 7) is 1.95. The maximum atomic E-state index is 14.9. The van der Waals surface area contributed by atoms with Crippen molar-refractivity contribution in [2.24, 2.45) is 23.7 Å². The van der Waals surface area contributed by atoms with Crippen molar-refractivity contribution in [2.75, 3.05) is 5.43 Å². The fraction of sp³-hybridized carbons (Fsp3) is 0.273. The highest BCUT2D eigenvalue weighted by Gasteiger charge is 2.70. The second-order valence-electron chi connectivity index (χ2n) is 11.6. The largest absolute Gasteiger partial charge is 0.508 e. The van der Waals surface area contributed by atoms with Crippen LogP contribution in [0, 0.1) is 30.6 Å². The number of rotatable bonds is 4. The van der Waals surface area contributed by atoms with E-state index in [4.69, 9.17) is 0 Å². The van der Waals surface area contributed by atoms with Crippen LogP contribution in [0.4, 0.5) is 5.69 Å². The molecule has 0 radical (unpaired) electrons. The number of carbonyl (C=O) groups excluding carboxylic acids is 4. The van der Waals surface area contributed by atoms with Crippen LogP contribution in [0.2, 0.25) is 0 Å². The summed E-state index contributed by atoms with van der Waals surface area (Å²) in [4.78, 5) is 55.2. The number of fused-ring (bicyclic) bond motifs is 4. The number of hydrogen-bond acceptors (Lipinski definition) is 6. The summed E-state index contributed by atoms with van der Waals surface area (Å²) in [7, 11) is 0. The van der Waals surface area contributed by atoms with E-state index in [0.717, 1.165) is 16.1 Å². The lowest BCUT2D eigenvalue weighted by Gasteiger charge is -2.50. The van der Waals surface area contributed by atoms with Gasteiger partial charge in [-0.05, 0) is 61.6 Å². The first-order chi connectivity index (χ1) is 20.2. The summed E-state index contributed by atoms with van der Waals surface area (Å²) in [5.41, 5.74) is 5.21. The van der Waals surface area contributed by atoms with Crippen LogP contribution < -0.4 is 10.7 Å². The summed E-state index contributed by atoms with van der Waals surface area (Å²) in [5.74, 6) is -4.78. The van der Waals surface area contributed by atoms with Gasteiger partial charge in [-0.3, -0.25) is 29.9 Å². The van der Waals surface area contributed by atoms with Gasteiger partial charge in [0.1, 0.15) is 5.75 Å². The van der Waals surface area contributed by atoms with Crippen LogP contribution in [-0.2, 0) is 24.6 Å². The van der Waals surface area contributed by atoms with Crippen LogP contribution in [0.1, 0.15) is 35.4 Å². The first-order valence-electron chi connectivity index (χ1n) is 14.0. The van der Waals surface area contributed by atoms with Gasteiger partial charge in [0.15, 0.2) is 0 Å². The second kappa shape index (κ2) is 9.66. The van der Waals surface area contributed by atoms with Gasteiger partial charge in [0, 0.05) is 16.0 Å². The van der Waals surface area contributed by atoms with E-state index < -0.39 is 46.8 Å². The molecule has 0 bridgehead atoms. The number of nitrogens with one attached hydrogen (secondary N) is 2. The molecule has 42 heavy (non-hydrogen) atoms. The number of carbonyl (C=O) groups is 4. The zero-order valence-corrected chi connectivity index (χ0v) is 24.3. The van der Waals surface area contributed by atoms with E-state index in [1.165, 1.54) is 0 Å². The maximum Gasteiger partial charge on any atom is 0.260 e. The van der Waals surface area contributed by atoms with Crippen LogP contribution in [0.3, 0.4) is 0 Å². The summed E-state index contributed by atoms with van der Waals surface area (Å²) < 4.78 is 0.701. The number of anilines is 1. The number of amides is 4. The number of imide groups is 2. The van der Waals surface area contributed by atoms with E-state index >= 15 is 0 Å². The van der Waals surface area contributed by atoms with Crippen molar-refractivity contribution in [3.8, 4) is 5.75 Å². The molecule has 0 unspecified atom stereocenters. The van der Waals surface area contributed by atoms with E-state index in [1.807, 2.05) is 67.6 Å². The third-order valence-corrected chi connectivity index (χ3v) is 10.0. The second-order valence-corrected chi connectivity index (χ2v) is 12.6. The zero-order valence-electron chi connectivity index (χ0n) is 22.7. The van der Waals surface area contributed by atoms with Crippen molar-refractivity contribution in [2.45, 2.75) is 31.1 Å². The zero-order chi connectivity index (χ0) is 29.3. The fourth-order valence-corrected chi connectivity index (χ4v) is 8.14. The average Bonchev–Trinajstić information content (AvgIpc) is 3.40. The third kappa shape index (κ3) is 3.72. The number of benzene rings is 3. The minimum Gasteiger partial charge on any atom is -0.508 e. The van der Waals surface area contributed by atoms with Crippen LogP contribution in [-0.4, -0.2) is 33.7 Å². The topological polar surface area (TPSA) is 116 Å². The highest BCUT2D eigenvalue weighted by atomic mass is 79.9. The van der Waals surface area contributed by atoms with E-state index in [2.05, 4.69) is 26.7 Å². The molecule has 3 fully saturated rings. The molecule has 2 aliphatic heterocycles. The number of allylic oxidation sites excluding steroid dienone is 2. The van der Waals surface area contributed by atoms with Crippen molar-refractivity contribution in [3.05, 3.63) is 106 Å². The lowest BCUT2D eigenvalue weighted by Crippen LogP contribution is -2.53. The molecule has 4 amide bonds. The van der Waals surface area contributed by atoms with Crippen LogP contribution in [0.15, 0.2) is 88.9 Å².